The van der Waals surface area contributed by atoms with Crippen LogP contribution in [0.1, 0.15) is 32.6 Å². The van der Waals surface area contributed by atoms with Gasteiger partial charge in [-0.3, -0.25) is 4.79 Å². The lowest BCUT2D eigenvalue weighted by atomic mass is 9.77. The Morgan fingerprint density at radius 2 is 1.87 bits per heavy atom. The second-order valence-electron chi connectivity index (χ2n) is 6.05. The van der Waals surface area contributed by atoms with Crippen molar-refractivity contribution in [3.05, 3.63) is 27.8 Å². The van der Waals surface area contributed by atoms with Crippen LogP contribution >= 0.6 is 22.6 Å². The molecule has 1 aromatic carbocycles. The lowest BCUT2D eigenvalue weighted by Crippen LogP contribution is -2.57. The SMILES string of the molecule is COC(=O)C1(NC(=O)COc2ccc(I)cc2)CCC(C)CC1. The fourth-order valence-corrected chi connectivity index (χ4v) is 3.17. The molecule has 0 saturated heterocycles. The highest BCUT2D eigenvalue weighted by Gasteiger charge is 2.43. The van der Waals surface area contributed by atoms with E-state index >= 15 is 0 Å². The third kappa shape index (κ3) is 4.83. The number of methoxy groups -OCH3 is 1. The largest absolute Gasteiger partial charge is 0.484 e. The number of carbonyl (C=O) groups excluding carboxylic acids is 2. The van der Waals surface area contributed by atoms with Crippen molar-refractivity contribution in [3.8, 4) is 5.75 Å². The molecule has 0 aromatic heterocycles. The molecule has 6 heteroatoms. The van der Waals surface area contributed by atoms with E-state index in [1.807, 2.05) is 24.3 Å². The average Bonchev–Trinajstić information content (AvgIpc) is 2.56. The highest BCUT2D eigenvalue weighted by Crippen LogP contribution is 2.32. The molecule has 1 aliphatic rings. The smallest absolute Gasteiger partial charge is 0.331 e. The summed E-state index contributed by atoms with van der Waals surface area (Å²) in [4.78, 5) is 24.4. The van der Waals surface area contributed by atoms with E-state index in [4.69, 9.17) is 9.47 Å². The van der Waals surface area contributed by atoms with Gasteiger partial charge < -0.3 is 14.8 Å². The zero-order chi connectivity index (χ0) is 16.9. The number of hydrogen-bond acceptors (Lipinski definition) is 4. The Labute approximate surface area is 150 Å². The number of ether oxygens (including phenoxy) is 2. The van der Waals surface area contributed by atoms with Crippen LogP contribution in [-0.2, 0) is 14.3 Å². The molecule has 0 aliphatic heterocycles. The van der Waals surface area contributed by atoms with E-state index in [0.717, 1.165) is 16.4 Å². The highest BCUT2D eigenvalue weighted by atomic mass is 127. The van der Waals surface area contributed by atoms with Crippen molar-refractivity contribution in [2.45, 2.75) is 38.1 Å². The van der Waals surface area contributed by atoms with Crippen molar-refractivity contribution in [2.75, 3.05) is 13.7 Å². The molecule has 1 amide bonds. The van der Waals surface area contributed by atoms with Gasteiger partial charge in [0.05, 0.1) is 7.11 Å². The second kappa shape index (κ2) is 7.99. The number of carbonyl (C=O) groups is 2. The van der Waals surface area contributed by atoms with Gasteiger partial charge in [0.15, 0.2) is 6.61 Å². The fourth-order valence-electron chi connectivity index (χ4n) is 2.81. The Balaban J connectivity index is 1.95. The molecular weight excluding hydrogens is 409 g/mol. The summed E-state index contributed by atoms with van der Waals surface area (Å²) >= 11 is 2.20. The summed E-state index contributed by atoms with van der Waals surface area (Å²) in [6.07, 6.45) is 3.01. The normalized spacial score (nSPS) is 23.9. The third-order valence-corrected chi connectivity index (χ3v) is 4.99. The number of benzene rings is 1. The van der Waals surface area contributed by atoms with E-state index in [1.165, 1.54) is 7.11 Å². The van der Waals surface area contributed by atoms with E-state index in [9.17, 15) is 9.59 Å². The molecule has 0 bridgehead atoms. The first-order chi connectivity index (χ1) is 10.9. The van der Waals surface area contributed by atoms with Crippen LogP contribution in [0.3, 0.4) is 0 Å². The van der Waals surface area contributed by atoms with Crippen LogP contribution in [0.2, 0.25) is 0 Å². The van der Waals surface area contributed by atoms with Gasteiger partial charge in [-0.1, -0.05) is 6.92 Å². The molecule has 1 aliphatic carbocycles. The number of hydrogen-bond donors (Lipinski definition) is 1. The van der Waals surface area contributed by atoms with Crippen molar-refractivity contribution in [2.24, 2.45) is 5.92 Å². The monoisotopic (exact) mass is 431 g/mol. The standard InChI is InChI=1S/C17H22INO4/c1-12-7-9-17(10-8-12,16(21)22-2)19-15(20)11-23-14-5-3-13(18)4-6-14/h3-6,12H,7-11H2,1-2H3,(H,19,20). The number of halogens is 1. The van der Waals surface area contributed by atoms with Crippen molar-refractivity contribution in [3.63, 3.8) is 0 Å². The average molecular weight is 431 g/mol. The number of nitrogens with one attached hydrogen (secondary N) is 1. The van der Waals surface area contributed by atoms with Gasteiger partial charge in [-0.05, 0) is 78.5 Å². The van der Waals surface area contributed by atoms with E-state index in [-0.39, 0.29) is 18.5 Å². The molecule has 0 atom stereocenters. The molecule has 1 saturated carbocycles. The number of esters is 1. The van der Waals surface area contributed by atoms with Crippen molar-refractivity contribution in [1.29, 1.82) is 0 Å². The van der Waals surface area contributed by atoms with Crippen molar-refractivity contribution < 1.29 is 19.1 Å². The summed E-state index contributed by atoms with van der Waals surface area (Å²) in [5.41, 5.74) is -0.909. The maximum atomic E-state index is 12.2. The quantitative estimate of drug-likeness (QED) is 0.576. The Bertz CT molecular complexity index is 550. The first-order valence-electron chi connectivity index (χ1n) is 7.73. The molecule has 23 heavy (non-hydrogen) atoms. The third-order valence-electron chi connectivity index (χ3n) is 4.27. The topological polar surface area (TPSA) is 64.6 Å². The molecule has 0 radical (unpaired) electrons. The summed E-state index contributed by atoms with van der Waals surface area (Å²) < 4.78 is 11.5. The summed E-state index contributed by atoms with van der Waals surface area (Å²) in [7, 11) is 1.36. The van der Waals surface area contributed by atoms with Gasteiger partial charge in [-0.25, -0.2) is 4.79 Å². The molecular formula is C17H22INO4. The van der Waals surface area contributed by atoms with Crippen LogP contribution in [-0.4, -0.2) is 31.1 Å². The van der Waals surface area contributed by atoms with Crippen molar-refractivity contribution >= 4 is 34.5 Å². The van der Waals surface area contributed by atoms with Crippen LogP contribution in [0, 0.1) is 9.49 Å². The van der Waals surface area contributed by atoms with Gasteiger partial charge in [0, 0.05) is 3.57 Å². The van der Waals surface area contributed by atoms with Crippen molar-refractivity contribution in [1.82, 2.24) is 5.32 Å². The zero-order valence-electron chi connectivity index (χ0n) is 13.4. The number of rotatable bonds is 5. The van der Waals surface area contributed by atoms with Crippen LogP contribution < -0.4 is 10.1 Å². The summed E-state index contributed by atoms with van der Waals surface area (Å²) in [5.74, 6) is 0.521. The zero-order valence-corrected chi connectivity index (χ0v) is 15.6. The van der Waals surface area contributed by atoms with E-state index in [2.05, 4.69) is 34.8 Å². The minimum atomic E-state index is -0.909. The Morgan fingerprint density at radius 3 is 2.43 bits per heavy atom. The predicted octanol–water partition coefficient (Wildman–Crippen LogP) is 2.91. The Hall–Kier alpha value is -1.31. The molecule has 1 fully saturated rings. The molecule has 1 N–H and O–H groups in total. The van der Waals surface area contributed by atoms with Crippen LogP contribution in [0.25, 0.3) is 0 Å². The lowest BCUT2D eigenvalue weighted by molar-refractivity contribution is -0.153. The van der Waals surface area contributed by atoms with Gasteiger partial charge in [-0.2, -0.15) is 0 Å². The molecule has 0 unspecified atom stereocenters. The molecule has 5 nitrogen and oxygen atoms in total. The van der Waals surface area contributed by atoms with Gasteiger partial charge >= 0.3 is 5.97 Å². The lowest BCUT2D eigenvalue weighted by Gasteiger charge is -2.37. The highest BCUT2D eigenvalue weighted by molar-refractivity contribution is 14.1. The first kappa shape index (κ1) is 18.0. The van der Waals surface area contributed by atoms with Crippen LogP contribution in [0.5, 0.6) is 5.75 Å². The van der Waals surface area contributed by atoms with E-state index in [0.29, 0.717) is 24.5 Å². The van der Waals surface area contributed by atoms with Crippen LogP contribution in [0.4, 0.5) is 0 Å². The summed E-state index contributed by atoms with van der Waals surface area (Å²) in [5, 5.41) is 2.85. The number of amides is 1. The maximum Gasteiger partial charge on any atom is 0.331 e. The minimum absolute atomic E-state index is 0.116. The fraction of sp³-hybridized carbons (Fsp3) is 0.529. The summed E-state index contributed by atoms with van der Waals surface area (Å²) in [6.45, 7) is 2.04. The predicted molar refractivity (Wildman–Crippen MR) is 95.2 cm³/mol. The van der Waals surface area contributed by atoms with Gasteiger partial charge in [-0.15, -0.1) is 0 Å². The molecule has 0 spiro atoms. The first-order valence-corrected chi connectivity index (χ1v) is 8.81. The van der Waals surface area contributed by atoms with E-state index < -0.39 is 5.54 Å². The van der Waals surface area contributed by atoms with Gasteiger partial charge in [0.25, 0.3) is 5.91 Å². The second-order valence-corrected chi connectivity index (χ2v) is 7.29. The Morgan fingerprint density at radius 1 is 1.26 bits per heavy atom. The van der Waals surface area contributed by atoms with Gasteiger partial charge in [0.2, 0.25) is 0 Å². The molecule has 1 aromatic rings. The molecule has 2 rings (SSSR count). The van der Waals surface area contributed by atoms with E-state index in [1.54, 1.807) is 0 Å². The van der Waals surface area contributed by atoms with Crippen LogP contribution in [0.15, 0.2) is 24.3 Å². The summed E-state index contributed by atoms with van der Waals surface area (Å²) in [6, 6.07) is 7.44. The minimum Gasteiger partial charge on any atom is -0.484 e. The Kier molecular flexibility index (Phi) is 6.26. The maximum absolute atomic E-state index is 12.2. The van der Waals surface area contributed by atoms with Gasteiger partial charge in [0.1, 0.15) is 11.3 Å². The molecule has 0 heterocycles. The molecule has 126 valence electrons.